The van der Waals surface area contributed by atoms with Gasteiger partial charge in [-0.2, -0.15) is 0 Å². The van der Waals surface area contributed by atoms with Crippen molar-refractivity contribution in [1.82, 2.24) is 0 Å². The van der Waals surface area contributed by atoms with Gasteiger partial charge in [-0.05, 0) is 29.9 Å². The summed E-state index contributed by atoms with van der Waals surface area (Å²) < 4.78 is 25.2. The van der Waals surface area contributed by atoms with E-state index in [9.17, 15) is 14.7 Å². The molecule has 0 unspecified atom stereocenters. The van der Waals surface area contributed by atoms with E-state index in [1.165, 1.54) is 11.6 Å². The number of hydrogen-bond donors (Lipinski definition) is 1. The lowest BCUT2D eigenvalue weighted by molar-refractivity contribution is -0.257. The third-order valence-corrected chi connectivity index (χ3v) is 8.65. The topological polar surface area (TPSA) is 91.3 Å². The first-order chi connectivity index (χ1) is 20.0. The highest BCUT2D eigenvalue weighted by Gasteiger charge is 2.51. The Morgan fingerprint density at radius 2 is 1.71 bits per heavy atom. The second-order valence-corrected chi connectivity index (χ2v) is 11.5. The number of carbonyl (C=O) groups excluding carboxylic acids is 2. The Kier molecular flexibility index (Phi) is 6.54. The van der Waals surface area contributed by atoms with Crippen LogP contribution in [0.5, 0.6) is 17.2 Å². The molecule has 41 heavy (non-hydrogen) atoms. The average Bonchev–Trinajstić information content (AvgIpc) is 2.96. The van der Waals surface area contributed by atoms with E-state index < -0.39 is 11.9 Å². The molecule has 1 fully saturated rings. The number of aryl methyl sites for hydroxylation is 1. The van der Waals surface area contributed by atoms with E-state index in [0.717, 1.165) is 12.0 Å². The highest BCUT2D eigenvalue weighted by molar-refractivity contribution is 6.03. The fourth-order valence-electron chi connectivity index (χ4n) is 6.80. The summed E-state index contributed by atoms with van der Waals surface area (Å²) in [5, 5.41) is 11.6. The lowest BCUT2D eigenvalue weighted by Gasteiger charge is -2.49. The zero-order valence-electron chi connectivity index (χ0n) is 22.7. The molecule has 0 aliphatic carbocycles. The highest BCUT2D eigenvalue weighted by Crippen LogP contribution is 2.56. The summed E-state index contributed by atoms with van der Waals surface area (Å²) in [4.78, 5) is 25.2. The fourth-order valence-corrected chi connectivity index (χ4v) is 6.80. The Labute approximate surface area is 238 Å². The van der Waals surface area contributed by atoms with Crippen LogP contribution in [-0.2, 0) is 20.7 Å². The van der Waals surface area contributed by atoms with E-state index >= 15 is 0 Å². The zero-order valence-corrected chi connectivity index (χ0v) is 22.7. The maximum absolute atomic E-state index is 13.4. The molecule has 1 N–H and O–H groups in total. The van der Waals surface area contributed by atoms with Crippen molar-refractivity contribution in [1.29, 1.82) is 0 Å². The van der Waals surface area contributed by atoms with Crippen LogP contribution < -0.4 is 9.47 Å². The number of benzene rings is 3. The van der Waals surface area contributed by atoms with Crippen molar-refractivity contribution in [3.63, 3.8) is 0 Å². The van der Waals surface area contributed by atoms with Crippen molar-refractivity contribution in [3.8, 4) is 17.2 Å². The lowest BCUT2D eigenvalue weighted by Crippen LogP contribution is -2.51. The fraction of sp³-hybridized carbons (Fsp3) is 0.353. The van der Waals surface area contributed by atoms with Crippen LogP contribution >= 0.6 is 0 Å². The molecule has 4 aliphatic rings. The Bertz CT molecular complexity index is 1500. The number of phenolic OH excluding ortho intramolecular Hbond substituents is 1. The first-order valence-corrected chi connectivity index (χ1v) is 14.4. The summed E-state index contributed by atoms with van der Waals surface area (Å²) >= 11 is 0. The van der Waals surface area contributed by atoms with E-state index in [1.807, 2.05) is 54.6 Å². The quantitative estimate of drug-likeness (QED) is 0.357. The standard InChI is InChI=1S/C34H32O7/c35-26-18-27(22-10-5-2-6-11-22)39-28-19-29-31(33(37)32(26)28)23-16-25(17-24-12-7-13-30(36)38-24)40-34(20-23,41-29)15-14-21-8-3-1-4-9-21/h1-11,13,19,23-25,27,37H,12,14-18,20H2/t23-,24-,25+,27+,34-/m1/s1. The summed E-state index contributed by atoms with van der Waals surface area (Å²) in [6.45, 7) is 0. The first kappa shape index (κ1) is 25.8. The van der Waals surface area contributed by atoms with Gasteiger partial charge in [-0.15, -0.1) is 0 Å². The largest absolute Gasteiger partial charge is 0.507 e. The van der Waals surface area contributed by atoms with Crippen molar-refractivity contribution in [2.45, 2.75) is 75.0 Å². The lowest BCUT2D eigenvalue weighted by atomic mass is 9.77. The summed E-state index contributed by atoms with van der Waals surface area (Å²) in [6, 6.07) is 21.6. The van der Waals surface area contributed by atoms with E-state index in [1.54, 1.807) is 6.07 Å². The van der Waals surface area contributed by atoms with E-state index in [0.29, 0.717) is 49.2 Å². The second-order valence-electron chi connectivity index (χ2n) is 11.5. The predicted molar refractivity (Wildman–Crippen MR) is 150 cm³/mol. The summed E-state index contributed by atoms with van der Waals surface area (Å²) in [6.07, 6.45) is 6.20. The highest BCUT2D eigenvalue weighted by atomic mass is 16.7. The molecule has 5 atom stereocenters. The molecule has 210 valence electrons. The van der Waals surface area contributed by atoms with E-state index in [-0.39, 0.29) is 47.6 Å². The van der Waals surface area contributed by atoms with Crippen LogP contribution in [0.3, 0.4) is 0 Å². The van der Waals surface area contributed by atoms with Gasteiger partial charge in [0.25, 0.3) is 0 Å². The molecule has 7 heteroatoms. The molecule has 7 nitrogen and oxygen atoms in total. The number of aromatic hydroxyl groups is 1. The number of esters is 1. The number of cyclic esters (lactones) is 1. The Morgan fingerprint density at radius 3 is 2.49 bits per heavy atom. The minimum atomic E-state index is -0.927. The van der Waals surface area contributed by atoms with Crippen LogP contribution in [0.25, 0.3) is 0 Å². The molecule has 3 aromatic carbocycles. The molecule has 0 radical (unpaired) electrons. The van der Waals surface area contributed by atoms with Crippen LogP contribution in [-0.4, -0.2) is 34.9 Å². The van der Waals surface area contributed by atoms with Gasteiger partial charge in [-0.3, -0.25) is 4.79 Å². The number of hydrogen-bond acceptors (Lipinski definition) is 7. The third-order valence-electron chi connectivity index (χ3n) is 8.65. The molecule has 0 spiro atoms. The minimum Gasteiger partial charge on any atom is -0.507 e. The number of ether oxygens (including phenoxy) is 4. The molecule has 4 aliphatic heterocycles. The molecular weight excluding hydrogens is 520 g/mol. The molecule has 4 heterocycles. The van der Waals surface area contributed by atoms with Gasteiger partial charge in [-0.1, -0.05) is 66.7 Å². The van der Waals surface area contributed by atoms with Crippen LogP contribution in [0, 0.1) is 0 Å². The Morgan fingerprint density at radius 1 is 0.927 bits per heavy atom. The number of Topliss-reactive ketones (excluding diaryl/α,β-unsaturated/α-hetero) is 1. The van der Waals surface area contributed by atoms with Gasteiger partial charge >= 0.3 is 5.97 Å². The van der Waals surface area contributed by atoms with Crippen LogP contribution in [0.1, 0.15) is 77.6 Å². The third kappa shape index (κ3) is 4.99. The van der Waals surface area contributed by atoms with Gasteiger partial charge in [0.1, 0.15) is 35.0 Å². The van der Waals surface area contributed by atoms with Crippen LogP contribution in [0.2, 0.25) is 0 Å². The zero-order chi connectivity index (χ0) is 28.0. The first-order valence-electron chi connectivity index (χ1n) is 14.4. The van der Waals surface area contributed by atoms with E-state index in [4.69, 9.17) is 18.9 Å². The maximum Gasteiger partial charge on any atom is 0.330 e. The number of ketones is 1. The SMILES string of the molecule is O=C1C=CC[C@H](C[C@@H]2C[C@@H]3C[C@@](CCc4ccccc4)(Oc4cc5c(c(O)c43)C(=O)C[C@@H](c3ccccc3)O5)O2)O1. The molecule has 0 amide bonds. The normalized spacial score (nSPS) is 28.1. The number of phenols is 1. The second kappa shape index (κ2) is 10.4. The minimum absolute atomic E-state index is 0.0525. The molecule has 7 rings (SSSR count). The average molecular weight is 553 g/mol. The van der Waals surface area contributed by atoms with Crippen molar-refractivity contribution in [3.05, 3.63) is 101 Å². The summed E-state index contributed by atoms with van der Waals surface area (Å²) in [5.74, 6) is -0.723. The molecule has 3 aromatic rings. The van der Waals surface area contributed by atoms with Gasteiger partial charge in [0.05, 0.1) is 12.5 Å². The summed E-state index contributed by atoms with van der Waals surface area (Å²) in [7, 11) is 0. The van der Waals surface area contributed by atoms with Crippen LogP contribution in [0.4, 0.5) is 0 Å². The van der Waals surface area contributed by atoms with Gasteiger partial charge < -0.3 is 24.1 Å². The number of rotatable bonds is 6. The van der Waals surface area contributed by atoms with Crippen LogP contribution in [0.15, 0.2) is 78.9 Å². The van der Waals surface area contributed by atoms with Crippen molar-refractivity contribution >= 4 is 11.8 Å². The predicted octanol–water partition coefficient (Wildman–Crippen LogP) is 6.34. The van der Waals surface area contributed by atoms with Crippen molar-refractivity contribution in [2.24, 2.45) is 0 Å². The Hall–Kier alpha value is -4.10. The summed E-state index contributed by atoms with van der Waals surface area (Å²) in [5.41, 5.74) is 2.96. The van der Waals surface area contributed by atoms with Gasteiger partial charge in [0.2, 0.25) is 5.79 Å². The monoisotopic (exact) mass is 552 g/mol. The Balaban J connectivity index is 1.22. The van der Waals surface area contributed by atoms with Gasteiger partial charge in [-0.25, -0.2) is 4.79 Å². The van der Waals surface area contributed by atoms with E-state index in [2.05, 4.69) is 12.1 Å². The maximum atomic E-state index is 13.4. The molecule has 0 aromatic heterocycles. The number of carbonyl (C=O) groups is 2. The smallest absolute Gasteiger partial charge is 0.330 e. The van der Waals surface area contributed by atoms with Gasteiger partial charge in [0.15, 0.2) is 5.78 Å². The van der Waals surface area contributed by atoms with Gasteiger partial charge in [0, 0.05) is 43.4 Å². The molecule has 2 bridgehead atoms. The number of fused-ring (bicyclic) bond motifs is 5. The molecule has 0 saturated carbocycles. The molecular formula is C34H32O7. The van der Waals surface area contributed by atoms with Crippen molar-refractivity contribution in [2.75, 3.05) is 0 Å². The molecule has 1 saturated heterocycles. The van der Waals surface area contributed by atoms with Crippen molar-refractivity contribution < 1.29 is 33.6 Å².